The number of aryl methyl sites for hydroxylation is 1. The van der Waals surface area contributed by atoms with Gasteiger partial charge in [0.05, 0.1) is 12.7 Å². The fourth-order valence-corrected chi connectivity index (χ4v) is 3.66. The predicted molar refractivity (Wildman–Crippen MR) is 131 cm³/mol. The zero-order valence-corrected chi connectivity index (χ0v) is 20.2. The molecule has 36 heavy (non-hydrogen) atoms. The van der Waals surface area contributed by atoms with Crippen LogP contribution in [0.25, 0.3) is 11.8 Å². The summed E-state index contributed by atoms with van der Waals surface area (Å²) in [5, 5.41) is 11.9. The minimum atomic E-state index is -1.00. The summed E-state index contributed by atoms with van der Waals surface area (Å²) in [6.45, 7) is 4.26. The number of amides is 1. The van der Waals surface area contributed by atoms with E-state index in [0.717, 1.165) is 23.1 Å². The number of hydrogen-bond donors (Lipinski definition) is 1. The summed E-state index contributed by atoms with van der Waals surface area (Å²) in [6.07, 6.45) is 1.39. The van der Waals surface area contributed by atoms with E-state index in [0.29, 0.717) is 11.3 Å². The summed E-state index contributed by atoms with van der Waals surface area (Å²) in [5.74, 6) is -2.33. The van der Waals surface area contributed by atoms with Crippen LogP contribution in [0.5, 0.6) is 5.75 Å². The second kappa shape index (κ2) is 11.1. The molecule has 0 saturated carbocycles. The number of anilines is 1. The van der Waals surface area contributed by atoms with Gasteiger partial charge in [-0.1, -0.05) is 0 Å². The quantitative estimate of drug-likeness (QED) is 0.215. The van der Waals surface area contributed by atoms with Crippen molar-refractivity contribution in [2.24, 2.45) is 0 Å². The number of rotatable bonds is 8. The number of Topliss-reactive ketones (excluding diaryl/α,β-unsaturated/α-hetero) is 1. The molecule has 8 nitrogen and oxygen atoms in total. The van der Waals surface area contributed by atoms with E-state index in [4.69, 9.17) is 9.47 Å². The Hall–Kier alpha value is -4.71. The predicted octanol–water partition coefficient (Wildman–Crippen LogP) is 4.53. The van der Waals surface area contributed by atoms with Crippen LogP contribution in [0.1, 0.15) is 34.2 Å². The van der Waals surface area contributed by atoms with Gasteiger partial charge in [0.2, 0.25) is 11.7 Å². The normalized spacial score (nSPS) is 10.9. The Balaban J connectivity index is 1.75. The molecule has 0 aliphatic carbocycles. The number of benzene rings is 2. The largest absolute Gasteiger partial charge is 0.497 e. The van der Waals surface area contributed by atoms with Gasteiger partial charge in [0.15, 0.2) is 6.61 Å². The molecule has 0 fully saturated rings. The number of nitriles is 1. The Labute approximate surface area is 207 Å². The van der Waals surface area contributed by atoms with Gasteiger partial charge < -0.3 is 19.4 Å². The molecule has 9 heteroatoms. The van der Waals surface area contributed by atoms with Crippen molar-refractivity contribution in [3.8, 4) is 17.5 Å². The highest BCUT2D eigenvalue weighted by molar-refractivity contribution is 6.02. The fraction of sp³-hybridized carbons (Fsp3) is 0.185. The fourth-order valence-electron chi connectivity index (χ4n) is 3.66. The number of aromatic nitrogens is 1. The zero-order valence-electron chi connectivity index (χ0n) is 20.2. The van der Waals surface area contributed by atoms with Crippen molar-refractivity contribution in [3.63, 3.8) is 0 Å². The van der Waals surface area contributed by atoms with Crippen LogP contribution >= 0.6 is 0 Å². The molecule has 0 radical (unpaired) electrons. The maximum absolute atomic E-state index is 14.3. The summed E-state index contributed by atoms with van der Waals surface area (Å²) in [6, 6.07) is 14.6. The minimum absolute atomic E-state index is 0.190. The number of carbonyl (C=O) groups excluding carboxylic acids is 3. The monoisotopic (exact) mass is 489 g/mol. The highest BCUT2D eigenvalue weighted by Gasteiger charge is 2.19. The molecule has 3 aromatic rings. The number of halogens is 1. The molecule has 0 aliphatic rings. The molecule has 0 saturated heterocycles. The number of carbonyl (C=O) groups is 3. The molecule has 2 aromatic carbocycles. The second-order valence-corrected chi connectivity index (χ2v) is 7.90. The average molecular weight is 490 g/mol. The number of methoxy groups -OCH3 is 1. The van der Waals surface area contributed by atoms with Gasteiger partial charge in [-0.3, -0.25) is 9.59 Å². The van der Waals surface area contributed by atoms with Crippen molar-refractivity contribution in [1.82, 2.24) is 4.57 Å². The van der Waals surface area contributed by atoms with Crippen molar-refractivity contribution in [3.05, 3.63) is 82.4 Å². The maximum Gasteiger partial charge on any atom is 0.349 e. The standard InChI is InChI=1S/C27H24FN3O5/c1-16-11-19(17(2)31(16)22-6-8-23(35-4)9-7-22)12-20(14-29)27(34)36-15-26(33)24-10-5-21(13-25(24)28)30-18(3)32/h5-13H,15H2,1-4H3,(H,30,32)/b20-12+. The first-order valence-corrected chi connectivity index (χ1v) is 10.9. The Bertz CT molecular complexity index is 1400. The number of hydrogen-bond acceptors (Lipinski definition) is 6. The third-order valence-electron chi connectivity index (χ3n) is 5.37. The van der Waals surface area contributed by atoms with Gasteiger partial charge >= 0.3 is 5.97 Å². The van der Waals surface area contributed by atoms with Crippen LogP contribution in [0, 0.1) is 31.0 Å². The van der Waals surface area contributed by atoms with E-state index in [9.17, 15) is 24.0 Å². The van der Waals surface area contributed by atoms with E-state index in [1.807, 2.05) is 48.7 Å². The van der Waals surface area contributed by atoms with Crippen LogP contribution in [0.3, 0.4) is 0 Å². The smallest absolute Gasteiger partial charge is 0.349 e. The second-order valence-electron chi connectivity index (χ2n) is 7.90. The lowest BCUT2D eigenvalue weighted by Gasteiger charge is -2.10. The van der Waals surface area contributed by atoms with Gasteiger partial charge in [0, 0.05) is 29.7 Å². The summed E-state index contributed by atoms with van der Waals surface area (Å²) in [5.41, 5.74) is 2.75. The summed E-state index contributed by atoms with van der Waals surface area (Å²) in [4.78, 5) is 35.9. The summed E-state index contributed by atoms with van der Waals surface area (Å²) < 4.78 is 26.4. The Morgan fingerprint density at radius 1 is 1.11 bits per heavy atom. The molecule has 0 unspecified atom stereocenters. The van der Waals surface area contributed by atoms with Crippen molar-refractivity contribution < 1.29 is 28.2 Å². The van der Waals surface area contributed by atoms with E-state index in [1.54, 1.807) is 13.2 Å². The molecule has 0 atom stereocenters. The van der Waals surface area contributed by atoms with Crippen LogP contribution in [0.4, 0.5) is 10.1 Å². The van der Waals surface area contributed by atoms with E-state index in [1.165, 1.54) is 25.1 Å². The van der Waals surface area contributed by atoms with Crippen molar-refractivity contribution in [2.45, 2.75) is 20.8 Å². The molecule has 3 rings (SSSR count). The highest BCUT2D eigenvalue weighted by atomic mass is 19.1. The first-order chi connectivity index (χ1) is 17.1. The molecular formula is C27H24FN3O5. The van der Waals surface area contributed by atoms with Gasteiger partial charge in [-0.2, -0.15) is 5.26 Å². The molecule has 184 valence electrons. The van der Waals surface area contributed by atoms with E-state index < -0.39 is 24.2 Å². The maximum atomic E-state index is 14.3. The topological polar surface area (TPSA) is 110 Å². The van der Waals surface area contributed by atoms with Gasteiger partial charge in [-0.05, 0) is 74.0 Å². The summed E-state index contributed by atoms with van der Waals surface area (Å²) in [7, 11) is 1.58. The van der Waals surface area contributed by atoms with Crippen LogP contribution < -0.4 is 10.1 Å². The number of nitrogens with one attached hydrogen (secondary N) is 1. The molecule has 0 aliphatic heterocycles. The number of esters is 1. The number of ether oxygens (including phenoxy) is 2. The van der Waals surface area contributed by atoms with E-state index in [-0.39, 0.29) is 22.7 Å². The lowest BCUT2D eigenvalue weighted by molar-refractivity contribution is -0.137. The van der Waals surface area contributed by atoms with E-state index in [2.05, 4.69) is 5.32 Å². The minimum Gasteiger partial charge on any atom is -0.497 e. The molecule has 0 bridgehead atoms. The van der Waals surface area contributed by atoms with Crippen LogP contribution in [0.2, 0.25) is 0 Å². The Morgan fingerprint density at radius 3 is 2.39 bits per heavy atom. The van der Waals surface area contributed by atoms with Crippen molar-refractivity contribution >= 4 is 29.4 Å². The van der Waals surface area contributed by atoms with Gasteiger partial charge in [-0.15, -0.1) is 0 Å². The van der Waals surface area contributed by atoms with Gasteiger partial charge in [-0.25, -0.2) is 9.18 Å². The molecule has 1 aromatic heterocycles. The summed E-state index contributed by atoms with van der Waals surface area (Å²) >= 11 is 0. The average Bonchev–Trinajstić information content (AvgIpc) is 3.12. The lowest BCUT2D eigenvalue weighted by Crippen LogP contribution is -2.16. The van der Waals surface area contributed by atoms with E-state index >= 15 is 0 Å². The SMILES string of the molecule is COc1ccc(-n2c(C)cc(/C=C(\C#N)C(=O)OCC(=O)c3ccc(NC(C)=O)cc3F)c2C)cc1. The number of nitrogens with zero attached hydrogens (tertiary/aromatic N) is 2. The van der Waals surface area contributed by atoms with Gasteiger partial charge in [0.25, 0.3) is 0 Å². The highest BCUT2D eigenvalue weighted by Crippen LogP contribution is 2.24. The third kappa shape index (κ3) is 5.85. The molecular weight excluding hydrogens is 465 g/mol. The van der Waals surface area contributed by atoms with Gasteiger partial charge in [0.1, 0.15) is 23.2 Å². The Kier molecular flexibility index (Phi) is 8.02. The first-order valence-electron chi connectivity index (χ1n) is 10.9. The first kappa shape index (κ1) is 25.9. The molecule has 1 amide bonds. The zero-order chi connectivity index (χ0) is 26.4. The lowest BCUT2D eigenvalue weighted by atomic mass is 10.1. The van der Waals surface area contributed by atoms with Crippen LogP contribution in [-0.4, -0.2) is 35.9 Å². The molecule has 0 spiro atoms. The van der Waals surface area contributed by atoms with Crippen molar-refractivity contribution in [1.29, 1.82) is 5.26 Å². The van der Waals surface area contributed by atoms with Crippen LogP contribution in [0.15, 0.2) is 54.1 Å². The van der Waals surface area contributed by atoms with Crippen LogP contribution in [-0.2, 0) is 14.3 Å². The third-order valence-corrected chi connectivity index (χ3v) is 5.37. The molecule has 1 N–H and O–H groups in total. The van der Waals surface area contributed by atoms with Crippen molar-refractivity contribution in [2.75, 3.05) is 19.0 Å². The molecule has 1 heterocycles. The Morgan fingerprint density at radius 2 is 1.81 bits per heavy atom. The number of ketones is 1.